The van der Waals surface area contributed by atoms with Crippen molar-refractivity contribution in [1.82, 2.24) is 9.47 Å². The first kappa shape index (κ1) is 33.0. The van der Waals surface area contributed by atoms with Crippen LogP contribution in [0.2, 0.25) is 0 Å². The van der Waals surface area contributed by atoms with Gasteiger partial charge in [-0.2, -0.15) is 0 Å². The van der Waals surface area contributed by atoms with Gasteiger partial charge in [0.15, 0.2) is 11.5 Å². The van der Waals surface area contributed by atoms with Crippen molar-refractivity contribution in [3.05, 3.63) is 99.7 Å². The zero-order valence-electron chi connectivity index (χ0n) is 25.3. The standard InChI is InChI=1S/C31H31N3O7.C2H6O2/c1-40-29-15-22(16-31(36)37)7-10-28(29)41-25-11-13-32(14-12-25)30(35)17-23-20-33(19-21-5-3-2-4-6-21)27-18-24(34(38)39)8-9-26(23)27;1-4-2-3/h2-10,15,18,20,25H,11-14,16-17,19H2,1H3,(H,36,37);3H,2H2,1H3. The highest BCUT2D eigenvalue weighted by Gasteiger charge is 2.26. The van der Waals surface area contributed by atoms with Gasteiger partial charge in [0.2, 0.25) is 5.91 Å². The Hall–Kier alpha value is -4.94. The van der Waals surface area contributed by atoms with Crippen molar-refractivity contribution in [2.75, 3.05) is 34.1 Å². The zero-order valence-corrected chi connectivity index (χ0v) is 25.3. The number of carbonyl (C=O) groups is 2. The average Bonchev–Trinajstić information content (AvgIpc) is 3.38. The van der Waals surface area contributed by atoms with Crippen LogP contribution in [0.4, 0.5) is 5.69 Å². The van der Waals surface area contributed by atoms with Crippen molar-refractivity contribution in [1.29, 1.82) is 0 Å². The molecule has 2 heterocycles. The summed E-state index contributed by atoms with van der Waals surface area (Å²) < 4.78 is 17.6. The lowest BCUT2D eigenvalue weighted by atomic mass is 10.0. The summed E-state index contributed by atoms with van der Waals surface area (Å²) in [6.45, 7) is 1.43. The first-order chi connectivity index (χ1) is 21.7. The smallest absolute Gasteiger partial charge is 0.307 e. The van der Waals surface area contributed by atoms with Crippen LogP contribution in [0.3, 0.4) is 0 Å². The Labute approximate surface area is 260 Å². The van der Waals surface area contributed by atoms with Crippen LogP contribution in [0.15, 0.2) is 72.9 Å². The minimum Gasteiger partial charge on any atom is -0.493 e. The summed E-state index contributed by atoms with van der Waals surface area (Å²) in [5, 5.41) is 29.0. The van der Waals surface area contributed by atoms with E-state index in [2.05, 4.69) is 4.74 Å². The number of piperidine rings is 1. The van der Waals surface area contributed by atoms with Crippen molar-refractivity contribution in [3.8, 4) is 11.5 Å². The largest absolute Gasteiger partial charge is 0.493 e. The monoisotopic (exact) mass is 619 g/mol. The molecule has 0 bridgehead atoms. The molecular formula is C33H37N3O9. The predicted octanol–water partition coefficient (Wildman–Crippen LogP) is 4.43. The van der Waals surface area contributed by atoms with Crippen LogP contribution < -0.4 is 9.47 Å². The quantitative estimate of drug-likeness (QED) is 0.141. The number of ether oxygens (including phenoxy) is 3. The first-order valence-electron chi connectivity index (χ1n) is 14.4. The van der Waals surface area contributed by atoms with E-state index < -0.39 is 10.9 Å². The molecule has 3 aromatic carbocycles. The van der Waals surface area contributed by atoms with Crippen LogP contribution in [0.25, 0.3) is 10.9 Å². The first-order valence-corrected chi connectivity index (χ1v) is 14.4. The van der Waals surface area contributed by atoms with Crippen molar-refractivity contribution in [2.45, 2.75) is 38.3 Å². The lowest BCUT2D eigenvalue weighted by Gasteiger charge is -2.32. The summed E-state index contributed by atoms with van der Waals surface area (Å²) in [5.41, 5.74) is 3.26. The molecule has 1 aliphatic rings. The van der Waals surface area contributed by atoms with Crippen LogP contribution >= 0.6 is 0 Å². The number of non-ortho nitro benzene ring substituents is 1. The van der Waals surface area contributed by atoms with E-state index in [0.717, 1.165) is 22.0 Å². The molecule has 4 aromatic rings. The maximum Gasteiger partial charge on any atom is 0.307 e. The Bertz CT molecular complexity index is 1610. The predicted molar refractivity (Wildman–Crippen MR) is 166 cm³/mol. The molecule has 0 atom stereocenters. The number of amides is 1. The molecule has 12 nitrogen and oxygen atoms in total. The molecule has 5 rings (SSSR count). The maximum atomic E-state index is 13.3. The number of carboxylic acid groups (broad SMARTS) is 1. The molecule has 0 aliphatic carbocycles. The van der Waals surface area contributed by atoms with Crippen molar-refractivity contribution in [3.63, 3.8) is 0 Å². The minimum atomic E-state index is -0.917. The van der Waals surface area contributed by atoms with Gasteiger partial charge in [0.05, 0.1) is 30.4 Å². The molecular weight excluding hydrogens is 582 g/mol. The highest BCUT2D eigenvalue weighted by atomic mass is 16.6. The number of methoxy groups -OCH3 is 2. The maximum absolute atomic E-state index is 13.3. The molecule has 0 spiro atoms. The number of benzene rings is 3. The van der Waals surface area contributed by atoms with E-state index >= 15 is 0 Å². The number of carboxylic acids is 1. The lowest BCUT2D eigenvalue weighted by molar-refractivity contribution is -0.384. The molecule has 2 N–H and O–H groups in total. The second-order valence-corrected chi connectivity index (χ2v) is 10.6. The number of fused-ring (bicyclic) bond motifs is 1. The molecule has 0 radical (unpaired) electrons. The summed E-state index contributed by atoms with van der Waals surface area (Å²) in [6, 6.07) is 19.7. The molecule has 1 aromatic heterocycles. The molecule has 12 heteroatoms. The summed E-state index contributed by atoms with van der Waals surface area (Å²) in [7, 11) is 2.95. The second-order valence-electron chi connectivity index (χ2n) is 10.6. The number of hydrogen-bond acceptors (Lipinski definition) is 8. The number of rotatable bonds is 11. The Morgan fingerprint density at radius 2 is 1.67 bits per heavy atom. The number of aromatic nitrogens is 1. The number of likely N-dealkylation sites (tertiary alicyclic amines) is 1. The number of nitrogens with zero attached hydrogens (tertiary/aromatic N) is 3. The van der Waals surface area contributed by atoms with Gasteiger partial charge in [-0.1, -0.05) is 36.4 Å². The number of aliphatic carboxylic acids is 1. The van der Waals surface area contributed by atoms with Gasteiger partial charge in [0, 0.05) is 63.3 Å². The highest BCUT2D eigenvalue weighted by molar-refractivity contribution is 5.90. The molecule has 238 valence electrons. The van der Waals surface area contributed by atoms with E-state index in [4.69, 9.17) is 19.7 Å². The number of nitro benzene ring substituents is 1. The van der Waals surface area contributed by atoms with Crippen molar-refractivity contribution >= 4 is 28.5 Å². The van der Waals surface area contributed by atoms with Crippen molar-refractivity contribution in [2.24, 2.45) is 0 Å². The molecule has 1 fully saturated rings. The number of aliphatic hydroxyl groups is 1. The van der Waals surface area contributed by atoms with Crippen LogP contribution in [0, 0.1) is 10.1 Å². The van der Waals surface area contributed by atoms with Crippen molar-refractivity contribution < 1.29 is 38.9 Å². The van der Waals surface area contributed by atoms with E-state index in [1.165, 1.54) is 20.3 Å². The SMILES string of the molecule is COCO.COc1cc(CC(=O)O)ccc1OC1CCN(C(=O)Cc2cn(Cc3ccccc3)c3cc([N+](=O)[O-])ccc23)CC1. The Morgan fingerprint density at radius 3 is 2.29 bits per heavy atom. The number of hydrogen-bond donors (Lipinski definition) is 2. The Balaban J connectivity index is 0.00000109. The summed E-state index contributed by atoms with van der Waals surface area (Å²) in [4.78, 5) is 37.2. The van der Waals surface area contributed by atoms with Crippen LogP contribution in [-0.2, 0) is 33.7 Å². The van der Waals surface area contributed by atoms with Gasteiger partial charge in [0.1, 0.15) is 12.9 Å². The van der Waals surface area contributed by atoms with Gasteiger partial charge < -0.3 is 33.9 Å². The summed E-state index contributed by atoms with van der Waals surface area (Å²) in [5.74, 6) is 0.108. The molecule has 1 aliphatic heterocycles. The molecule has 45 heavy (non-hydrogen) atoms. The fraction of sp³-hybridized carbons (Fsp3) is 0.333. The Morgan fingerprint density at radius 1 is 0.956 bits per heavy atom. The fourth-order valence-electron chi connectivity index (χ4n) is 5.29. The zero-order chi connectivity index (χ0) is 32.3. The van der Waals surface area contributed by atoms with Gasteiger partial charge in [-0.25, -0.2) is 0 Å². The van der Waals surface area contributed by atoms with E-state index in [-0.39, 0.29) is 37.3 Å². The highest BCUT2D eigenvalue weighted by Crippen LogP contribution is 2.32. The van der Waals surface area contributed by atoms with Crippen LogP contribution in [0.5, 0.6) is 11.5 Å². The third kappa shape index (κ3) is 8.80. The van der Waals surface area contributed by atoms with Gasteiger partial charge in [-0.3, -0.25) is 19.7 Å². The second kappa shape index (κ2) is 15.7. The van der Waals surface area contributed by atoms with E-state index in [9.17, 15) is 19.7 Å². The van der Waals surface area contributed by atoms with Crippen LogP contribution in [-0.4, -0.2) is 76.7 Å². The van der Waals surface area contributed by atoms with Crippen LogP contribution in [0.1, 0.15) is 29.5 Å². The molecule has 0 unspecified atom stereocenters. The summed E-state index contributed by atoms with van der Waals surface area (Å²) >= 11 is 0. The molecule has 1 amide bonds. The lowest BCUT2D eigenvalue weighted by Crippen LogP contribution is -2.42. The molecule has 1 saturated heterocycles. The average molecular weight is 620 g/mol. The number of nitro groups is 1. The van der Waals surface area contributed by atoms with E-state index in [0.29, 0.717) is 49.5 Å². The summed E-state index contributed by atoms with van der Waals surface area (Å²) in [6.07, 6.45) is 3.21. The topological polar surface area (TPSA) is 154 Å². The van der Waals surface area contributed by atoms with Gasteiger partial charge in [0.25, 0.3) is 5.69 Å². The van der Waals surface area contributed by atoms with Gasteiger partial charge in [-0.15, -0.1) is 0 Å². The molecule has 0 saturated carbocycles. The van der Waals surface area contributed by atoms with Gasteiger partial charge in [-0.05, 0) is 34.9 Å². The van der Waals surface area contributed by atoms with E-state index in [1.54, 1.807) is 30.3 Å². The number of aliphatic hydroxyl groups excluding tert-OH is 1. The third-order valence-electron chi connectivity index (χ3n) is 7.50. The van der Waals surface area contributed by atoms with Gasteiger partial charge >= 0.3 is 5.97 Å². The van der Waals surface area contributed by atoms with E-state index in [1.807, 2.05) is 46.0 Å². The fourth-order valence-corrected chi connectivity index (χ4v) is 5.29. The Kier molecular flexibility index (Phi) is 11.5. The normalized spacial score (nSPS) is 13.2. The minimum absolute atomic E-state index is 0.00355. The third-order valence-corrected chi connectivity index (χ3v) is 7.50. The number of carbonyl (C=O) groups excluding carboxylic acids is 1.